The molecule has 2 aromatic rings. The highest BCUT2D eigenvalue weighted by Gasteiger charge is 2.29. The van der Waals surface area contributed by atoms with E-state index in [4.69, 9.17) is 9.52 Å². The van der Waals surface area contributed by atoms with Crippen molar-refractivity contribution in [3.8, 4) is 0 Å². The molecule has 8 nitrogen and oxygen atoms in total. The number of nitrogens with zero attached hydrogens (tertiary/aromatic N) is 4. The lowest BCUT2D eigenvalue weighted by Gasteiger charge is -2.28. The normalized spacial score (nSPS) is 18.4. The summed E-state index contributed by atoms with van der Waals surface area (Å²) in [6, 6.07) is 3.74. The Morgan fingerprint density at radius 1 is 1.33 bits per heavy atom. The van der Waals surface area contributed by atoms with Gasteiger partial charge in [0.15, 0.2) is 5.69 Å². The molecule has 1 fully saturated rings. The first-order valence-electron chi connectivity index (χ1n) is 8.04. The van der Waals surface area contributed by atoms with Gasteiger partial charge in [-0.3, -0.25) is 4.79 Å². The van der Waals surface area contributed by atoms with Gasteiger partial charge in [-0.05, 0) is 31.9 Å². The number of aromatic nitrogens is 3. The molecular formula is C16H20N4O4. The Hall–Kier alpha value is -2.64. The topological polar surface area (TPSA) is 101 Å². The van der Waals surface area contributed by atoms with Crippen molar-refractivity contribution in [1.29, 1.82) is 0 Å². The highest BCUT2D eigenvalue weighted by atomic mass is 16.4. The molecule has 2 aromatic heterocycles. The van der Waals surface area contributed by atoms with Crippen LogP contribution < -0.4 is 0 Å². The van der Waals surface area contributed by atoms with E-state index >= 15 is 0 Å². The average molecular weight is 332 g/mol. The second kappa shape index (κ2) is 6.86. The predicted molar refractivity (Wildman–Crippen MR) is 83.3 cm³/mol. The Labute approximate surface area is 139 Å². The summed E-state index contributed by atoms with van der Waals surface area (Å²) in [5.74, 6) is 0.349. The molecule has 0 aliphatic carbocycles. The molecule has 1 aliphatic heterocycles. The molecule has 8 heteroatoms. The maximum Gasteiger partial charge on any atom is 0.358 e. The number of aryl methyl sites for hydroxylation is 1. The van der Waals surface area contributed by atoms with Gasteiger partial charge in [-0.2, -0.15) is 0 Å². The number of likely N-dealkylation sites (tertiary alicyclic amines) is 1. The van der Waals surface area contributed by atoms with E-state index in [2.05, 4.69) is 10.3 Å². The van der Waals surface area contributed by atoms with Crippen molar-refractivity contribution in [3.63, 3.8) is 0 Å². The highest BCUT2D eigenvalue weighted by molar-refractivity contribution is 5.84. The molecule has 0 saturated carbocycles. The fourth-order valence-electron chi connectivity index (χ4n) is 3.04. The standard InChI is InChI=1S/C16H20N4O4/c1-11-6-7-14(24-11)13-5-3-2-4-8-20(13)15(21)10-19-9-12(16(22)23)17-18-19/h6-7,9,13H,2-5,8,10H2,1H3,(H,22,23). The van der Waals surface area contributed by atoms with Crippen molar-refractivity contribution in [2.24, 2.45) is 0 Å². The molecule has 0 aromatic carbocycles. The number of hydrogen-bond donors (Lipinski definition) is 1. The van der Waals surface area contributed by atoms with E-state index in [0.29, 0.717) is 6.54 Å². The van der Waals surface area contributed by atoms with E-state index in [1.54, 1.807) is 0 Å². The van der Waals surface area contributed by atoms with Gasteiger partial charge in [0.1, 0.15) is 18.1 Å². The van der Waals surface area contributed by atoms with E-state index < -0.39 is 5.97 Å². The van der Waals surface area contributed by atoms with Gasteiger partial charge in [0.2, 0.25) is 5.91 Å². The third-order valence-corrected chi connectivity index (χ3v) is 4.22. The van der Waals surface area contributed by atoms with Crippen LogP contribution in [0.15, 0.2) is 22.7 Å². The SMILES string of the molecule is Cc1ccc(C2CCCCCN2C(=O)Cn2cc(C(=O)O)nn2)o1. The Balaban J connectivity index is 1.77. The summed E-state index contributed by atoms with van der Waals surface area (Å²) >= 11 is 0. The van der Waals surface area contributed by atoms with Gasteiger partial charge in [0, 0.05) is 6.54 Å². The molecule has 1 saturated heterocycles. The summed E-state index contributed by atoms with van der Waals surface area (Å²) < 4.78 is 7.00. The minimum absolute atomic E-state index is 0.0313. The zero-order valence-corrected chi connectivity index (χ0v) is 13.5. The van der Waals surface area contributed by atoms with Crippen LogP contribution in [0.5, 0.6) is 0 Å². The number of rotatable bonds is 4. The average Bonchev–Trinajstić information content (AvgIpc) is 3.10. The zero-order valence-electron chi connectivity index (χ0n) is 13.5. The van der Waals surface area contributed by atoms with Crippen LogP contribution in [0.2, 0.25) is 0 Å². The van der Waals surface area contributed by atoms with Crippen molar-refractivity contribution in [2.45, 2.75) is 45.2 Å². The van der Waals surface area contributed by atoms with Crippen LogP contribution in [-0.4, -0.2) is 43.4 Å². The first-order chi connectivity index (χ1) is 11.5. The fourth-order valence-corrected chi connectivity index (χ4v) is 3.04. The maximum atomic E-state index is 12.7. The summed E-state index contributed by atoms with van der Waals surface area (Å²) in [7, 11) is 0. The Morgan fingerprint density at radius 2 is 2.17 bits per heavy atom. The predicted octanol–water partition coefficient (Wildman–Crippen LogP) is 2.02. The molecule has 0 spiro atoms. The molecule has 1 N–H and O–H groups in total. The Bertz CT molecular complexity index is 736. The lowest BCUT2D eigenvalue weighted by Crippen LogP contribution is -2.37. The molecule has 0 bridgehead atoms. The number of aromatic carboxylic acids is 1. The van der Waals surface area contributed by atoms with Crippen LogP contribution >= 0.6 is 0 Å². The molecule has 128 valence electrons. The minimum atomic E-state index is -1.16. The van der Waals surface area contributed by atoms with Crippen LogP contribution in [0, 0.1) is 6.92 Å². The van der Waals surface area contributed by atoms with Gasteiger partial charge < -0.3 is 14.4 Å². The second-order valence-corrected chi connectivity index (χ2v) is 6.01. The van der Waals surface area contributed by atoms with E-state index in [-0.39, 0.29) is 24.2 Å². The van der Waals surface area contributed by atoms with Crippen LogP contribution in [0.4, 0.5) is 0 Å². The van der Waals surface area contributed by atoms with Crippen molar-refractivity contribution >= 4 is 11.9 Å². The quantitative estimate of drug-likeness (QED) is 0.919. The largest absolute Gasteiger partial charge is 0.476 e. The number of carboxylic acid groups (broad SMARTS) is 1. The highest BCUT2D eigenvalue weighted by Crippen LogP contribution is 2.31. The van der Waals surface area contributed by atoms with Crippen LogP contribution in [-0.2, 0) is 11.3 Å². The van der Waals surface area contributed by atoms with E-state index in [9.17, 15) is 9.59 Å². The molecule has 1 atom stereocenters. The van der Waals surface area contributed by atoms with Crippen LogP contribution in [0.3, 0.4) is 0 Å². The van der Waals surface area contributed by atoms with Gasteiger partial charge in [0.05, 0.1) is 12.2 Å². The van der Waals surface area contributed by atoms with Gasteiger partial charge >= 0.3 is 5.97 Å². The summed E-state index contributed by atoms with van der Waals surface area (Å²) in [6.45, 7) is 2.51. The van der Waals surface area contributed by atoms with Gasteiger partial charge in [-0.15, -0.1) is 5.10 Å². The third-order valence-electron chi connectivity index (χ3n) is 4.22. The van der Waals surface area contributed by atoms with Crippen molar-refractivity contribution in [1.82, 2.24) is 19.9 Å². The lowest BCUT2D eigenvalue weighted by molar-refractivity contribution is -0.135. The van der Waals surface area contributed by atoms with Crippen molar-refractivity contribution < 1.29 is 19.1 Å². The van der Waals surface area contributed by atoms with Crippen molar-refractivity contribution in [3.05, 3.63) is 35.5 Å². The number of carboxylic acids is 1. The number of amides is 1. The maximum absolute atomic E-state index is 12.7. The van der Waals surface area contributed by atoms with E-state index in [1.807, 2.05) is 24.0 Å². The number of carbonyl (C=O) groups is 2. The first kappa shape index (κ1) is 16.2. The lowest BCUT2D eigenvalue weighted by atomic mass is 10.1. The summed E-state index contributed by atoms with van der Waals surface area (Å²) in [6.07, 6.45) is 5.19. The molecule has 3 heterocycles. The second-order valence-electron chi connectivity index (χ2n) is 6.01. The first-order valence-corrected chi connectivity index (χ1v) is 8.04. The van der Waals surface area contributed by atoms with E-state index in [1.165, 1.54) is 10.9 Å². The minimum Gasteiger partial charge on any atom is -0.476 e. The Morgan fingerprint density at radius 3 is 2.83 bits per heavy atom. The van der Waals surface area contributed by atoms with Gasteiger partial charge in [-0.1, -0.05) is 18.1 Å². The Kier molecular flexibility index (Phi) is 4.64. The third kappa shape index (κ3) is 3.47. The van der Waals surface area contributed by atoms with Crippen LogP contribution in [0.25, 0.3) is 0 Å². The number of hydrogen-bond acceptors (Lipinski definition) is 5. The molecule has 1 aliphatic rings. The summed E-state index contributed by atoms with van der Waals surface area (Å²) in [5, 5.41) is 16.1. The zero-order chi connectivity index (χ0) is 17.1. The van der Waals surface area contributed by atoms with Gasteiger partial charge in [-0.25, -0.2) is 9.48 Å². The molecule has 0 radical (unpaired) electrons. The molecule has 24 heavy (non-hydrogen) atoms. The van der Waals surface area contributed by atoms with E-state index in [0.717, 1.165) is 37.2 Å². The number of furan rings is 1. The molecular weight excluding hydrogens is 312 g/mol. The summed E-state index contributed by atoms with van der Waals surface area (Å²) in [4.78, 5) is 25.4. The monoisotopic (exact) mass is 332 g/mol. The number of carbonyl (C=O) groups excluding carboxylic acids is 1. The fraction of sp³-hybridized carbons (Fsp3) is 0.500. The summed E-state index contributed by atoms with van der Waals surface area (Å²) in [5.41, 5.74) is -0.170. The smallest absolute Gasteiger partial charge is 0.358 e. The van der Waals surface area contributed by atoms with Gasteiger partial charge in [0.25, 0.3) is 0 Å². The van der Waals surface area contributed by atoms with Crippen molar-refractivity contribution in [2.75, 3.05) is 6.54 Å². The molecule has 3 rings (SSSR count). The molecule has 1 amide bonds. The molecule has 1 unspecified atom stereocenters. The van der Waals surface area contributed by atoms with Crippen LogP contribution in [0.1, 0.15) is 53.7 Å².